The molecule has 1 heterocycles. The second-order valence-electron chi connectivity index (χ2n) is 2.28. The van der Waals surface area contributed by atoms with Gasteiger partial charge in [-0.3, -0.25) is 10.1 Å². The van der Waals surface area contributed by atoms with Gasteiger partial charge in [-0.25, -0.2) is 0 Å². The van der Waals surface area contributed by atoms with E-state index in [4.69, 9.17) is 0 Å². The van der Waals surface area contributed by atoms with Crippen LogP contribution in [0.15, 0.2) is 16.5 Å². The van der Waals surface area contributed by atoms with E-state index in [1.807, 2.05) is 0 Å². The summed E-state index contributed by atoms with van der Waals surface area (Å²) in [7, 11) is 0. The Kier molecular flexibility index (Phi) is 1.83. The van der Waals surface area contributed by atoms with Crippen molar-refractivity contribution >= 4 is 5.88 Å². The molecule has 1 rings (SSSR count). The number of hydrogen-bond acceptors (Lipinski definition) is 3. The molecule has 0 radical (unpaired) electrons. The van der Waals surface area contributed by atoms with E-state index in [-0.39, 0.29) is 0 Å². The summed E-state index contributed by atoms with van der Waals surface area (Å²) in [5, 5.41) is 10.0. The number of alkyl halides is 2. The van der Waals surface area contributed by atoms with Crippen LogP contribution >= 0.6 is 0 Å². The number of hydrogen-bond donors (Lipinski definition) is 0. The third-order valence-corrected chi connectivity index (χ3v) is 1.20. The third-order valence-electron chi connectivity index (χ3n) is 1.20. The average Bonchev–Trinajstić information content (AvgIpc) is 2.30. The Bertz CT molecular complexity index is 302. The van der Waals surface area contributed by atoms with Crippen LogP contribution in [0.4, 0.5) is 14.7 Å². The van der Waals surface area contributed by atoms with Gasteiger partial charge in [0, 0.05) is 6.92 Å². The molecule has 0 saturated carbocycles. The highest BCUT2D eigenvalue weighted by Gasteiger charge is 2.30. The zero-order valence-electron chi connectivity index (χ0n) is 6.08. The van der Waals surface area contributed by atoms with Gasteiger partial charge in [0.05, 0.1) is 6.07 Å². The van der Waals surface area contributed by atoms with Gasteiger partial charge in [0.1, 0.15) is 4.92 Å². The Morgan fingerprint density at radius 3 is 2.42 bits per heavy atom. The van der Waals surface area contributed by atoms with E-state index in [1.54, 1.807) is 0 Å². The van der Waals surface area contributed by atoms with Gasteiger partial charge in [-0.05, 0) is 6.07 Å². The molecule has 0 saturated heterocycles. The van der Waals surface area contributed by atoms with Gasteiger partial charge in [-0.2, -0.15) is 8.78 Å². The summed E-state index contributed by atoms with van der Waals surface area (Å²) in [4.78, 5) is 9.14. The molecule has 0 bridgehead atoms. The fourth-order valence-corrected chi connectivity index (χ4v) is 0.662. The molecule has 0 aliphatic heterocycles. The van der Waals surface area contributed by atoms with Gasteiger partial charge < -0.3 is 4.42 Å². The molecule has 0 unspecified atom stereocenters. The van der Waals surface area contributed by atoms with Crippen molar-refractivity contribution in [3.63, 3.8) is 0 Å². The summed E-state index contributed by atoms with van der Waals surface area (Å²) in [6.07, 6.45) is 0. The monoisotopic (exact) mass is 177 g/mol. The van der Waals surface area contributed by atoms with Crippen LogP contribution < -0.4 is 0 Å². The predicted molar refractivity (Wildman–Crippen MR) is 34.9 cm³/mol. The minimum atomic E-state index is -3.17. The van der Waals surface area contributed by atoms with Crippen molar-refractivity contribution in [1.82, 2.24) is 0 Å². The summed E-state index contributed by atoms with van der Waals surface area (Å²) in [6.45, 7) is 0.607. The summed E-state index contributed by atoms with van der Waals surface area (Å²) in [5.41, 5.74) is 0. The smallest absolute Gasteiger partial charge is 0.399 e. The van der Waals surface area contributed by atoms with E-state index in [9.17, 15) is 18.9 Å². The second kappa shape index (κ2) is 2.54. The maximum absolute atomic E-state index is 12.4. The van der Waals surface area contributed by atoms with E-state index >= 15 is 0 Å². The summed E-state index contributed by atoms with van der Waals surface area (Å²) >= 11 is 0. The number of nitro groups is 1. The number of nitrogens with zero attached hydrogens (tertiary/aromatic N) is 1. The minimum Gasteiger partial charge on any atom is -0.399 e. The molecular formula is C6H5F2NO3. The maximum atomic E-state index is 12.4. The maximum Gasteiger partial charge on any atom is 0.433 e. The predicted octanol–water partition coefficient (Wildman–Crippen LogP) is 2.30. The van der Waals surface area contributed by atoms with Crippen molar-refractivity contribution in [2.24, 2.45) is 0 Å². The molecule has 0 amide bonds. The molecule has 4 nitrogen and oxygen atoms in total. The van der Waals surface area contributed by atoms with Crippen LogP contribution in [0.5, 0.6) is 0 Å². The van der Waals surface area contributed by atoms with E-state index in [0.29, 0.717) is 6.92 Å². The second-order valence-corrected chi connectivity index (χ2v) is 2.28. The van der Waals surface area contributed by atoms with Crippen LogP contribution in [0.3, 0.4) is 0 Å². The van der Waals surface area contributed by atoms with E-state index in [2.05, 4.69) is 4.42 Å². The number of furan rings is 1. The standard InChI is InChI=1S/C6H5F2NO3/c1-6(7,8)4-2-3-5(12-4)9(10)11/h2-3H,1H3. The van der Waals surface area contributed by atoms with Gasteiger partial charge in [0.2, 0.25) is 0 Å². The molecular weight excluding hydrogens is 172 g/mol. The van der Waals surface area contributed by atoms with Gasteiger partial charge in [0.25, 0.3) is 0 Å². The van der Waals surface area contributed by atoms with Crippen molar-refractivity contribution in [2.75, 3.05) is 0 Å². The van der Waals surface area contributed by atoms with Crippen LogP contribution in [0.2, 0.25) is 0 Å². The molecule has 0 N–H and O–H groups in total. The van der Waals surface area contributed by atoms with Crippen molar-refractivity contribution in [3.8, 4) is 0 Å². The Labute approximate surface area is 65.9 Å². The molecule has 0 fully saturated rings. The Morgan fingerprint density at radius 2 is 2.17 bits per heavy atom. The molecule has 0 aliphatic rings. The first-order valence-corrected chi connectivity index (χ1v) is 3.04. The van der Waals surface area contributed by atoms with E-state index in [1.165, 1.54) is 0 Å². The highest BCUT2D eigenvalue weighted by Crippen LogP contribution is 2.30. The lowest BCUT2D eigenvalue weighted by Gasteiger charge is -2.03. The Morgan fingerprint density at radius 1 is 1.58 bits per heavy atom. The first-order chi connectivity index (χ1) is 5.41. The summed E-state index contributed by atoms with van der Waals surface area (Å²) < 4.78 is 29.1. The van der Waals surface area contributed by atoms with Crippen LogP contribution in [0.1, 0.15) is 12.7 Å². The van der Waals surface area contributed by atoms with Crippen molar-refractivity contribution in [3.05, 3.63) is 28.0 Å². The summed E-state index contributed by atoms with van der Waals surface area (Å²) in [6, 6.07) is 1.78. The Hall–Kier alpha value is -1.46. The molecule has 0 atom stereocenters. The summed E-state index contributed by atoms with van der Waals surface area (Å²) in [5.74, 6) is -4.55. The molecule has 1 aromatic heterocycles. The normalized spacial score (nSPS) is 11.6. The minimum absolute atomic E-state index is 0.607. The van der Waals surface area contributed by atoms with Crippen molar-refractivity contribution < 1.29 is 18.1 Å². The van der Waals surface area contributed by atoms with Crippen LogP contribution in [0.25, 0.3) is 0 Å². The zero-order chi connectivity index (χ0) is 9.35. The SMILES string of the molecule is CC(F)(F)c1ccc([N+](=O)[O-])o1. The highest BCUT2D eigenvalue weighted by atomic mass is 19.3. The van der Waals surface area contributed by atoms with Gasteiger partial charge in [-0.15, -0.1) is 0 Å². The first kappa shape index (κ1) is 8.63. The van der Waals surface area contributed by atoms with E-state index in [0.717, 1.165) is 12.1 Å². The fourth-order valence-electron chi connectivity index (χ4n) is 0.662. The molecule has 0 aromatic carbocycles. The topological polar surface area (TPSA) is 56.3 Å². The lowest BCUT2D eigenvalue weighted by atomic mass is 10.3. The first-order valence-electron chi connectivity index (χ1n) is 3.04. The fraction of sp³-hybridized carbons (Fsp3) is 0.333. The zero-order valence-corrected chi connectivity index (χ0v) is 6.08. The number of halogens is 2. The molecule has 6 heteroatoms. The van der Waals surface area contributed by atoms with Crippen molar-refractivity contribution in [2.45, 2.75) is 12.8 Å². The third kappa shape index (κ3) is 1.58. The lowest BCUT2D eigenvalue weighted by molar-refractivity contribution is -0.402. The molecule has 0 spiro atoms. The van der Waals surface area contributed by atoms with Crippen LogP contribution in [-0.2, 0) is 5.92 Å². The van der Waals surface area contributed by atoms with Gasteiger partial charge in [0.15, 0.2) is 5.76 Å². The quantitative estimate of drug-likeness (QED) is 0.514. The Balaban J connectivity index is 3.00. The lowest BCUT2D eigenvalue weighted by Crippen LogP contribution is -2.04. The number of rotatable bonds is 2. The highest BCUT2D eigenvalue weighted by molar-refractivity contribution is 5.19. The van der Waals surface area contributed by atoms with Gasteiger partial charge in [-0.1, -0.05) is 0 Å². The van der Waals surface area contributed by atoms with Crippen molar-refractivity contribution in [1.29, 1.82) is 0 Å². The largest absolute Gasteiger partial charge is 0.433 e. The van der Waals surface area contributed by atoms with Gasteiger partial charge >= 0.3 is 11.8 Å². The molecule has 0 aliphatic carbocycles. The van der Waals surface area contributed by atoms with Crippen LogP contribution in [-0.4, -0.2) is 4.92 Å². The molecule has 66 valence electrons. The van der Waals surface area contributed by atoms with Crippen LogP contribution in [0, 0.1) is 10.1 Å². The molecule has 12 heavy (non-hydrogen) atoms. The van der Waals surface area contributed by atoms with E-state index < -0.39 is 22.5 Å². The molecule has 1 aromatic rings. The average molecular weight is 177 g/mol.